The SMILES string of the molecule is CC(=O)NCCCNC(=O)CCc1ccccc1N.Cl. The van der Waals surface area contributed by atoms with Crippen molar-refractivity contribution in [1.29, 1.82) is 0 Å². The van der Waals surface area contributed by atoms with Crippen LogP contribution < -0.4 is 16.4 Å². The van der Waals surface area contributed by atoms with E-state index in [1.54, 1.807) is 0 Å². The van der Waals surface area contributed by atoms with Gasteiger partial charge in [0.15, 0.2) is 0 Å². The number of benzene rings is 1. The average molecular weight is 300 g/mol. The van der Waals surface area contributed by atoms with E-state index in [9.17, 15) is 9.59 Å². The molecule has 20 heavy (non-hydrogen) atoms. The first-order valence-corrected chi connectivity index (χ1v) is 6.44. The second kappa shape index (κ2) is 10.1. The van der Waals surface area contributed by atoms with Crippen LogP contribution in [0.15, 0.2) is 24.3 Å². The van der Waals surface area contributed by atoms with Gasteiger partial charge < -0.3 is 16.4 Å². The summed E-state index contributed by atoms with van der Waals surface area (Å²) in [6.07, 6.45) is 1.80. The number of hydrogen-bond donors (Lipinski definition) is 3. The zero-order valence-corrected chi connectivity index (χ0v) is 12.5. The van der Waals surface area contributed by atoms with E-state index in [-0.39, 0.29) is 24.2 Å². The number of aryl methyl sites for hydroxylation is 1. The summed E-state index contributed by atoms with van der Waals surface area (Å²) in [4.78, 5) is 22.2. The number of rotatable bonds is 7. The van der Waals surface area contributed by atoms with Crippen LogP contribution in [0.2, 0.25) is 0 Å². The van der Waals surface area contributed by atoms with Crippen LogP contribution in [0.3, 0.4) is 0 Å². The molecule has 2 amide bonds. The fraction of sp³-hybridized carbons (Fsp3) is 0.429. The molecule has 0 atom stereocenters. The molecule has 0 aliphatic carbocycles. The number of nitrogens with one attached hydrogen (secondary N) is 2. The van der Waals surface area contributed by atoms with Crippen LogP contribution >= 0.6 is 12.4 Å². The Morgan fingerprint density at radius 1 is 1.15 bits per heavy atom. The van der Waals surface area contributed by atoms with Gasteiger partial charge in [0.05, 0.1) is 0 Å². The molecule has 0 unspecified atom stereocenters. The molecular weight excluding hydrogens is 278 g/mol. The molecule has 1 aromatic carbocycles. The third kappa shape index (κ3) is 7.63. The highest BCUT2D eigenvalue weighted by Crippen LogP contribution is 2.12. The van der Waals surface area contributed by atoms with Crippen molar-refractivity contribution in [2.75, 3.05) is 18.8 Å². The number of carbonyl (C=O) groups is 2. The largest absolute Gasteiger partial charge is 0.399 e. The molecule has 4 N–H and O–H groups in total. The Balaban J connectivity index is 0.00000361. The Hall–Kier alpha value is -1.75. The molecule has 0 radical (unpaired) electrons. The van der Waals surface area contributed by atoms with Crippen molar-refractivity contribution in [2.24, 2.45) is 0 Å². The van der Waals surface area contributed by atoms with Gasteiger partial charge in [0.2, 0.25) is 11.8 Å². The van der Waals surface area contributed by atoms with Crippen molar-refractivity contribution in [2.45, 2.75) is 26.2 Å². The Morgan fingerprint density at radius 3 is 2.45 bits per heavy atom. The van der Waals surface area contributed by atoms with Crippen molar-refractivity contribution in [3.8, 4) is 0 Å². The summed E-state index contributed by atoms with van der Waals surface area (Å²) in [6.45, 7) is 2.63. The lowest BCUT2D eigenvalue weighted by molar-refractivity contribution is -0.121. The topological polar surface area (TPSA) is 84.2 Å². The van der Waals surface area contributed by atoms with E-state index in [0.29, 0.717) is 25.9 Å². The predicted octanol–water partition coefficient (Wildman–Crippen LogP) is 1.27. The van der Waals surface area contributed by atoms with Crippen LogP contribution in [0, 0.1) is 0 Å². The lowest BCUT2D eigenvalue weighted by Gasteiger charge is -2.07. The smallest absolute Gasteiger partial charge is 0.220 e. The zero-order chi connectivity index (χ0) is 14.1. The van der Waals surface area contributed by atoms with Gasteiger partial charge >= 0.3 is 0 Å². The molecule has 0 bridgehead atoms. The van der Waals surface area contributed by atoms with E-state index in [0.717, 1.165) is 17.7 Å². The van der Waals surface area contributed by atoms with E-state index in [2.05, 4.69) is 10.6 Å². The minimum Gasteiger partial charge on any atom is -0.399 e. The van der Waals surface area contributed by atoms with Gasteiger partial charge in [0.1, 0.15) is 0 Å². The normalized spacial score (nSPS) is 9.45. The van der Waals surface area contributed by atoms with Crippen molar-refractivity contribution in [1.82, 2.24) is 10.6 Å². The van der Waals surface area contributed by atoms with Gasteiger partial charge in [-0.3, -0.25) is 9.59 Å². The maximum absolute atomic E-state index is 11.6. The van der Waals surface area contributed by atoms with Crippen LogP contribution in [0.4, 0.5) is 5.69 Å². The van der Waals surface area contributed by atoms with Gasteiger partial charge in [-0.15, -0.1) is 12.4 Å². The number of hydrogen-bond acceptors (Lipinski definition) is 3. The summed E-state index contributed by atoms with van der Waals surface area (Å²) in [5.74, 6) is -0.0445. The van der Waals surface area contributed by atoms with E-state index in [4.69, 9.17) is 5.73 Å². The highest BCUT2D eigenvalue weighted by molar-refractivity contribution is 5.85. The Bertz CT molecular complexity index is 438. The number of halogens is 1. The maximum Gasteiger partial charge on any atom is 0.220 e. The van der Waals surface area contributed by atoms with E-state index in [1.165, 1.54) is 6.92 Å². The van der Waals surface area contributed by atoms with Gasteiger partial charge in [-0.25, -0.2) is 0 Å². The highest BCUT2D eigenvalue weighted by Gasteiger charge is 2.03. The number of nitrogens with two attached hydrogens (primary N) is 1. The second-order valence-corrected chi connectivity index (χ2v) is 4.39. The van der Waals surface area contributed by atoms with E-state index >= 15 is 0 Å². The summed E-state index contributed by atoms with van der Waals surface area (Å²) in [5, 5.41) is 5.49. The van der Waals surface area contributed by atoms with E-state index < -0.39 is 0 Å². The molecular formula is C14H22ClN3O2. The number of para-hydroxylation sites is 1. The Kier molecular flexibility index (Phi) is 9.20. The van der Waals surface area contributed by atoms with Crippen LogP contribution in [-0.2, 0) is 16.0 Å². The predicted molar refractivity (Wildman–Crippen MR) is 82.7 cm³/mol. The zero-order valence-electron chi connectivity index (χ0n) is 11.6. The minimum absolute atomic E-state index is 0. The summed E-state index contributed by atoms with van der Waals surface area (Å²) in [6, 6.07) is 7.55. The maximum atomic E-state index is 11.6. The molecule has 0 heterocycles. The third-order valence-electron chi connectivity index (χ3n) is 2.73. The van der Waals surface area contributed by atoms with Crippen LogP contribution in [-0.4, -0.2) is 24.9 Å². The van der Waals surface area contributed by atoms with Gasteiger partial charge in [-0.05, 0) is 24.5 Å². The quantitative estimate of drug-likeness (QED) is 0.523. The van der Waals surface area contributed by atoms with Gasteiger partial charge in [0, 0.05) is 32.1 Å². The Morgan fingerprint density at radius 2 is 1.80 bits per heavy atom. The Labute approximate surface area is 125 Å². The number of anilines is 1. The molecule has 112 valence electrons. The van der Waals surface area contributed by atoms with Crippen molar-refractivity contribution < 1.29 is 9.59 Å². The number of carbonyl (C=O) groups excluding carboxylic acids is 2. The molecule has 0 spiro atoms. The van der Waals surface area contributed by atoms with Crippen LogP contribution in [0.1, 0.15) is 25.3 Å². The highest BCUT2D eigenvalue weighted by atomic mass is 35.5. The summed E-state index contributed by atoms with van der Waals surface area (Å²) < 4.78 is 0. The van der Waals surface area contributed by atoms with Crippen molar-refractivity contribution in [3.05, 3.63) is 29.8 Å². The molecule has 0 aliphatic heterocycles. The molecule has 0 fully saturated rings. The average Bonchev–Trinajstić information content (AvgIpc) is 2.37. The monoisotopic (exact) mass is 299 g/mol. The summed E-state index contributed by atoms with van der Waals surface area (Å²) in [7, 11) is 0. The number of nitrogen functional groups attached to an aromatic ring is 1. The third-order valence-corrected chi connectivity index (χ3v) is 2.73. The van der Waals surface area contributed by atoms with Crippen LogP contribution in [0.5, 0.6) is 0 Å². The molecule has 0 saturated carbocycles. The fourth-order valence-corrected chi connectivity index (χ4v) is 1.68. The minimum atomic E-state index is -0.0501. The van der Waals surface area contributed by atoms with E-state index in [1.807, 2.05) is 24.3 Å². The fourth-order valence-electron chi connectivity index (χ4n) is 1.68. The van der Waals surface area contributed by atoms with Gasteiger partial charge in [-0.1, -0.05) is 18.2 Å². The molecule has 0 saturated heterocycles. The number of amides is 2. The first-order valence-electron chi connectivity index (χ1n) is 6.44. The lowest BCUT2D eigenvalue weighted by atomic mass is 10.1. The van der Waals surface area contributed by atoms with Gasteiger partial charge in [0.25, 0.3) is 0 Å². The summed E-state index contributed by atoms with van der Waals surface area (Å²) >= 11 is 0. The van der Waals surface area contributed by atoms with Crippen molar-refractivity contribution in [3.63, 3.8) is 0 Å². The first kappa shape index (κ1) is 18.2. The lowest BCUT2D eigenvalue weighted by Crippen LogP contribution is -2.28. The van der Waals surface area contributed by atoms with Crippen LogP contribution in [0.25, 0.3) is 0 Å². The standard InChI is InChI=1S/C14H21N3O2.ClH/c1-11(18)16-9-4-10-17-14(19)8-7-12-5-2-3-6-13(12)15;/h2-3,5-6H,4,7-10,15H2,1H3,(H,16,18)(H,17,19);1H. The molecule has 1 aromatic rings. The molecule has 0 aromatic heterocycles. The molecule has 6 heteroatoms. The second-order valence-electron chi connectivity index (χ2n) is 4.39. The summed E-state index contributed by atoms with van der Waals surface area (Å²) in [5.41, 5.74) is 7.52. The molecule has 1 rings (SSSR count). The van der Waals surface area contributed by atoms with Gasteiger partial charge in [-0.2, -0.15) is 0 Å². The molecule has 0 aliphatic rings. The van der Waals surface area contributed by atoms with Crippen molar-refractivity contribution >= 4 is 29.9 Å². The molecule has 5 nitrogen and oxygen atoms in total. The first-order chi connectivity index (χ1) is 9.09.